The smallest absolute Gasteiger partial charge is 0.271 e. The van der Waals surface area contributed by atoms with Crippen molar-refractivity contribution in [1.29, 1.82) is 0 Å². The van der Waals surface area contributed by atoms with Gasteiger partial charge in [0.05, 0.1) is 26.2 Å². The number of aryl methyl sites for hydroxylation is 1. The van der Waals surface area contributed by atoms with Crippen molar-refractivity contribution < 1.29 is 18.1 Å². The number of nitrogens with one attached hydrogen (secondary N) is 1. The number of non-ortho nitro benzene ring substituents is 1. The van der Waals surface area contributed by atoms with Gasteiger partial charge >= 0.3 is 0 Å². The van der Waals surface area contributed by atoms with Gasteiger partial charge in [-0.3, -0.25) is 19.2 Å². The van der Waals surface area contributed by atoms with E-state index in [1.54, 1.807) is 36.4 Å². The van der Waals surface area contributed by atoms with E-state index in [4.69, 9.17) is 11.6 Å². The van der Waals surface area contributed by atoms with Gasteiger partial charge in [-0.15, -0.1) is 0 Å². The van der Waals surface area contributed by atoms with Crippen LogP contribution < -0.4 is 9.62 Å². The summed E-state index contributed by atoms with van der Waals surface area (Å²) < 4.78 is 27.5. The number of rotatable bonds is 7. The summed E-state index contributed by atoms with van der Waals surface area (Å²) in [5.41, 5.74) is 0.871. The average molecular weight is 460 g/mol. The van der Waals surface area contributed by atoms with E-state index < -0.39 is 27.4 Å². The van der Waals surface area contributed by atoms with E-state index in [1.165, 1.54) is 30.3 Å². The van der Waals surface area contributed by atoms with Gasteiger partial charge in [-0.25, -0.2) is 8.42 Å². The molecular weight excluding hydrogens is 442 g/mol. The zero-order valence-electron chi connectivity index (χ0n) is 16.4. The number of anilines is 2. The Morgan fingerprint density at radius 3 is 2.39 bits per heavy atom. The van der Waals surface area contributed by atoms with Crippen molar-refractivity contribution in [3.63, 3.8) is 0 Å². The second kappa shape index (κ2) is 9.15. The molecule has 3 aromatic rings. The van der Waals surface area contributed by atoms with Gasteiger partial charge in [0.25, 0.3) is 15.7 Å². The first-order chi connectivity index (χ1) is 14.7. The lowest BCUT2D eigenvalue weighted by Gasteiger charge is -2.24. The number of nitrogens with zero attached hydrogens (tertiary/aromatic N) is 2. The Labute approximate surface area is 184 Å². The summed E-state index contributed by atoms with van der Waals surface area (Å²) in [4.78, 5) is 23.2. The van der Waals surface area contributed by atoms with E-state index in [2.05, 4.69) is 5.32 Å². The maximum Gasteiger partial charge on any atom is 0.271 e. The molecule has 0 unspecified atom stereocenters. The van der Waals surface area contributed by atoms with Crippen LogP contribution in [0, 0.1) is 17.0 Å². The number of carbonyl (C=O) groups is 1. The van der Waals surface area contributed by atoms with E-state index in [0.29, 0.717) is 10.7 Å². The largest absolute Gasteiger partial charge is 0.323 e. The van der Waals surface area contributed by atoms with Crippen molar-refractivity contribution in [2.45, 2.75) is 11.8 Å². The molecule has 3 aromatic carbocycles. The molecular formula is C21H18ClN3O5S. The normalized spacial score (nSPS) is 11.0. The molecule has 8 nitrogen and oxygen atoms in total. The lowest BCUT2D eigenvalue weighted by Crippen LogP contribution is -2.38. The third kappa shape index (κ3) is 5.19. The Morgan fingerprint density at radius 2 is 1.74 bits per heavy atom. The van der Waals surface area contributed by atoms with Gasteiger partial charge in [0.2, 0.25) is 5.91 Å². The molecule has 1 amide bonds. The summed E-state index contributed by atoms with van der Waals surface area (Å²) in [6, 6.07) is 17.7. The van der Waals surface area contributed by atoms with E-state index >= 15 is 0 Å². The highest BCUT2D eigenvalue weighted by molar-refractivity contribution is 7.92. The highest BCUT2D eigenvalue weighted by Gasteiger charge is 2.28. The molecule has 0 aliphatic carbocycles. The number of hydrogen-bond donors (Lipinski definition) is 1. The van der Waals surface area contributed by atoms with Crippen LogP contribution in [0.1, 0.15) is 5.56 Å². The Bertz CT molecular complexity index is 1230. The molecule has 31 heavy (non-hydrogen) atoms. The van der Waals surface area contributed by atoms with E-state index in [9.17, 15) is 23.3 Å². The molecule has 10 heteroatoms. The molecule has 0 radical (unpaired) electrons. The summed E-state index contributed by atoms with van der Waals surface area (Å²) in [5.74, 6) is -0.657. The number of amides is 1. The Kier molecular flexibility index (Phi) is 6.57. The zero-order valence-corrected chi connectivity index (χ0v) is 17.9. The number of halogens is 1. The van der Waals surface area contributed by atoms with E-state index in [0.717, 1.165) is 15.9 Å². The summed E-state index contributed by atoms with van der Waals surface area (Å²) >= 11 is 6.06. The van der Waals surface area contributed by atoms with Crippen LogP contribution in [0.25, 0.3) is 0 Å². The third-order valence-electron chi connectivity index (χ3n) is 4.37. The quantitative estimate of drug-likeness (QED) is 0.416. The summed E-state index contributed by atoms with van der Waals surface area (Å²) in [6.45, 7) is 1.20. The molecule has 0 fully saturated rings. The molecule has 0 atom stereocenters. The predicted molar refractivity (Wildman–Crippen MR) is 119 cm³/mol. The maximum absolute atomic E-state index is 13.3. The minimum atomic E-state index is -4.19. The van der Waals surface area contributed by atoms with Gasteiger partial charge < -0.3 is 5.32 Å². The van der Waals surface area contributed by atoms with Crippen LogP contribution in [0.3, 0.4) is 0 Å². The van der Waals surface area contributed by atoms with Crippen LogP contribution in [0.5, 0.6) is 0 Å². The van der Waals surface area contributed by atoms with Crippen LogP contribution in [0.15, 0.2) is 77.7 Å². The number of nitro groups is 1. The zero-order chi connectivity index (χ0) is 22.6. The van der Waals surface area contributed by atoms with Crippen LogP contribution in [0.2, 0.25) is 5.02 Å². The molecule has 0 saturated heterocycles. The van der Waals surface area contributed by atoms with Crippen LogP contribution in [-0.4, -0.2) is 25.8 Å². The molecule has 1 N–H and O–H groups in total. The number of carbonyl (C=O) groups excluding carboxylic acids is 1. The number of nitro benzene ring substituents is 1. The van der Waals surface area contributed by atoms with Crippen molar-refractivity contribution in [3.05, 3.63) is 93.5 Å². The first kappa shape index (κ1) is 22.3. The van der Waals surface area contributed by atoms with Gasteiger partial charge in [0.1, 0.15) is 6.54 Å². The third-order valence-corrected chi connectivity index (χ3v) is 6.49. The second-order valence-corrected chi connectivity index (χ2v) is 8.90. The van der Waals surface area contributed by atoms with Crippen molar-refractivity contribution in [3.8, 4) is 0 Å². The number of benzene rings is 3. The highest BCUT2D eigenvalue weighted by Crippen LogP contribution is 2.28. The monoisotopic (exact) mass is 459 g/mol. The molecule has 0 heterocycles. The number of para-hydroxylation sites is 1. The summed E-state index contributed by atoms with van der Waals surface area (Å²) in [6.07, 6.45) is 0. The first-order valence-corrected chi connectivity index (χ1v) is 10.9. The van der Waals surface area contributed by atoms with E-state index in [1.807, 2.05) is 6.92 Å². The molecule has 0 spiro atoms. The Balaban J connectivity index is 2.01. The molecule has 0 aliphatic rings. The minimum Gasteiger partial charge on any atom is -0.323 e. The summed E-state index contributed by atoms with van der Waals surface area (Å²) in [7, 11) is -4.19. The average Bonchev–Trinajstić information content (AvgIpc) is 2.74. The SMILES string of the molecule is Cc1ccc(S(=O)(=O)N(CC(=O)Nc2ccccc2Cl)c2cccc([N+](=O)[O-])c2)cc1. The van der Waals surface area contributed by atoms with E-state index in [-0.39, 0.29) is 16.3 Å². The maximum atomic E-state index is 13.3. The Hall–Kier alpha value is -3.43. The fraction of sp³-hybridized carbons (Fsp3) is 0.0952. The fourth-order valence-corrected chi connectivity index (χ4v) is 4.39. The first-order valence-electron chi connectivity index (χ1n) is 9.07. The standard InChI is InChI=1S/C21H18ClN3O5S/c1-15-9-11-18(12-10-15)31(29,30)24(16-5-4-6-17(13-16)25(27)28)14-21(26)23-20-8-3-2-7-19(20)22/h2-13H,14H2,1H3,(H,23,26). The van der Waals surface area contributed by atoms with Crippen LogP contribution >= 0.6 is 11.6 Å². The molecule has 3 rings (SSSR count). The lowest BCUT2D eigenvalue weighted by molar-refractivity contribution is -0.384. The molecule has 160 valence electrons. The molecule has 0 bridgehead atoms. The second-order valence-electron chi connectivity index (χ2n) is 6.63. The lowest BCUT2D eigenvalue weighted by atomic mass is 10.2. The number of sulfonamides is 1. The molecule has 0 saturated carbocycles. The van der Waals surface area contributed by atoms with Gasteiger partial charge in [0, 0.05) is 12.1 Å². The van der Waals surface area contributed by atoms with Crippen molar-refractivity contribution in [1.82, 2.24) is 0 Å². The Morgan fingerprint density at radius 1 is 1.06 bits per heavy atom. The number of hydrogen-bond acceptors (Lipinski definition) is 5. The van der Waals surface area contributed by atoms with Crippen molar-refractivity contribution in [2.75, 3.05) is 16.2 Å². The topological polar surface area (TPSA) is 110 Å². The molecule has 0 aromatic heterocycles. The van der Waals surface area contributed by atoms with Crippen molar-refractivity contribution >= 4 is 44.6 Å². The van der Waals surface area contributed by atoms with Crippen molar-refractivity contribution in [2.24, 2.45) is 0 Å². The summed E-state index contributed by atoms with van der Waals surface area (Å²) in [5, 5.41) is 14.0. The van der Waals surface area contributed by atoms with Gasteiger partial charge in [-0.1, -0.05) is 47.5 Å². The van der Waals surface area contributed by atoms with Gasteiger partial charge in [0.15, 0.2) is 0 Å². The van der Waals surface area contributed by atoms with Crippen LogP contribution in [0.4, 0.5) is 17.1 Å². The highest BCUT2D eigenvalue weighted by atomic mass is 35.5. The van der Waals surface area contributed by atoms with Crippen LogP contribution in [-0.2, 0) is 14.8 Å². The van der Waals surface area contributed by atoms with Gasteiger partial charge in [-0.05, 0) is 37.3 Å². The fourth-order valence-electron chi connectivity index (χ4n) is 2.80. The van der Waals surface area contributed by atoms with Gasteiger partial charge in [-0.2, -0.15) is 0 Å². The molecule has 0 aliphatic heterocycles. The minimum absolute atomic E-state index is 0.0101. The predicted octanol–water partition coefficient (Wildman–Crippen LogP) is 4.39.